The van der Waals surface area contributed by atoms with Gasteiger partial charge in [0.1, 0.15) is 0 Å². The highest BCUT2D eigenvalue weighted by molar-refractivity contribution is 5.72. The molecule has 0 radical (unpaired) electrons. The van der Waals surface area contributed by atoms with Gasteiger partial charge in [0.05, 0.1) is 25.7 Å². The predicted octanol–water partition coefficient (Wildman–Crippen LogP) is 11.9. The summed E-state index contributed by atoms with van der Waals surface area (Å²) in [6.45, 7) is 15.7. The van der Waals surface area contributed by atoms with Gasteiger partial charge in [-0.05, 0) is 95.2 Å². The first kappa shape index (κ1) is 50.5. The maximum Gasteiger partial charge on any atom is 0.308 e. The first-order valence-electron chi connectivity index (χ1n) is 21.8. The first-order chi connectivity index (χ1) is 25.8. The van der Waals surface area contributed by atoms with Gasteiger partial charge in [0.2, 0.25) is 0 Å². The molecule has 0 bridgehead atoms. The minimum atomic E-state index is -0.117. The van der Waals surface area contributed by atoms with E-state index >= 15 is 0 Å². The zero-order chi connectivity index (χ0) is 39.2. The molecule has 0 N–H and O–H groups in total. The summed E-state index contributed by atoms with van der Waals surface area (Å²) in [5, 5.41) is 0. The Labute approximate surface area is 326 Å². The number of allylic oxidation sites excluding steroid dienone is 1. The van der Waals surface area contributed by atoms with Gasteiger partial charge in [-0.25, -0.2) is 0 Å². The molecule has 0 heterocycles. The third-order valence-electron chi connectivity index (χ3n) is 10.3. The van der Waals surface area contributed by atoms with E-state index in [4.69, 9.17) is 14.2 Å². The van der Waals surface area contributed by atoms with E-state index in [0.29, 0.717) is 44.5 Å². The van der Waals surface area contributed by atoms with Crippen molar-refractivity contribution in [2.24, 2.45) is 17.8 Å². The van der Waals surface area contributed by atoms with Crippen LogP contribution in [-0.4, -0.2) is 62.8 Å². The molecule has 0 fully saturated rings. The van der Waals surface area contributed by atoms with E-state index in [-0.39, 0.29) is 23.8 Å². The molecule has 3 atom stereocenters. The van der Waals surface area contributed by atoms with Gasteiger partial charge >= 0.3 is 17.9 Å². The van der Waals surface area contributed by atoms with E-state index < -0.39 is 0 Å². The van der Waals surface area contributed by atoms with Gasteiger partial charge in [-0.1, -0.05) is 135 Å². The third kappa shape index (κ3) is 33.7. The molecule has 0 saturated heterocycles. The van der Waals surface area contributed by atoms with E-state index in [1.165, 1.54) is 38.5 Å². The average molecular weight is 744 g/mol. The molecular formula is C46H81NO6. The molecule has 0 aliphatic heterocycles. The lowest BCUT2D eigenvalue weighted by Gasteiger charge is -2.17. The van der Waals surface area contributed by atoms with E-state index in [1.54, 1.807) is 0 Å². The van der Waals surface area contributed by atoms with Crippen molar-refractivity contribution in [1.82, 2.24) is 4.90 Å². The molecule has 3 unspecified atom stereocenters. The maximum absolute atomic E-state index is 13.0. The molecule has 0 amide bonds. The van der Waals surface area contributed by atoms with Gasteiger partial charge < -0.3 is 19.1 Å². The molecule has 0 aliphatic carbocycles. The topological polar surface area (TPSA) is 82.1 Å². The second-order valence-corrected chi connectivity index (χ2v) is 15.2. The van der Waals surface area contributed by atoms with Crippen LogP contribution in [0.15, 0.2) is 29.8 Å². The quantitative estimate of drug-likeness (QED) is 0.0271. The van der Waals surface area contributed by atoms with E-state index in [1.807, 2.05) is 6.08 Å². The number of carbonyl (C=O) groups is 3. The van der Waals surface area contributed by atoms with Crippen LogP contribution in [0.25, 0.3) is 0 Å². The molecule has 306 valence electrons. The zero-order valence-electron chi connectivity index (χ0n) is 35.1. The predicted molar refractivity (Wildman–Crippen MR) is 220 cm³/mol. The molecule has 0 saturated carbocycles. The van der Waals surface area contributed by atoms with Crippen LogP contribution in [0.3, 0.4) is 0 Å². The van der Waals surface area contributed by atoms with Crippen LogP contribution in [0.5, 0.6) is 0 Å². The first-order valence-corrected chi connectivity index (χ1v) is 21.8. The lowest BCUT2D eigenvalue weighted by atomic mass is 9.94. The highest BCUT2D eigenvalue weighted by Crippen LogP contribution is 2.22. The number of nitrogens with zero attached hydrogens (tertiary/aromatic N) is 1. The molecule has 0 rings (SSSR count). The Hall–Kier alpha value is -2.55. The van der Waals surface area contributed by atoms with Crippen molar-refractivity contribution < 1.29 is 28.6 Å². The molecule has 53 heavy (non-hydrogen) atoms. The van der Waals surface area contributed by atoms with Crippen LogP contribution in [-0.2, 0) is 28.6 Å². The molecule has 0 spiro atoms. The van der Waals surface area contributed by atoms with Crippen molar-refractivity contribution >= 4 is 17.9 Å². The Bertz CT molecular complexity index is 1020. The fourth-order valence-corrected chi connectivity index (χ4v) is 6.45. The molecule has 7 heteroatoms. The summed E-state index contributed by atoms with van der Waals surface area (Å²) < 4.78 is 16.7. The van der Waals surface area contributed by atoms with Gasteiger partial charge in [0.15, 0.2) is 0 Å². The Kier molecular flexibility index (Phi) is 35.9. The summed E-state index contributed by atoms with van der Waals surface area (Å²) in [4.78, 5) is 39.7. The molecule has 0 aromatic rings. The summed E-state index contributed by atoms with van der Waals surface area (Å²) in [6.07, 6.45) is 26.8. The summed E-state index contributed by atoms with van der Waals surface area (Å²) in [5.74, 6) is 0.642. The van der Waals surface area contributed by atoms with Gasteiger partial charge in [-0.15, -0.1) is 0 Å². The number of rotatable bonds is 37. The Balaban J connectivity index is 4.37. The molecule has 7 nitrogen and oxygen atoms in total. The second-order valence-electron chi connectivity index (χ2n) is 15.2. The summed E-state index contributed by atoms with van der Waals surface area (Å²) in [6, 6.07) is 0. The van der Waals surface area contributed by atoms with Crippen molar-refractivity contribution in [3.05, 3.63) is 29.8 Å². The van der Waals surface area contributed by atoms with Crippen molar-refractivity contribution in [3.8, 4) is 0 Å². The average Bonchev–Trinajstić information content (AvgIpc) is 3.14. The monoisotopic (exact) mass is 744 g/mol. The van der Waals surface area contributed by atoms with Crippen molar-refractivity contribution in [2.45, 2.75) is 188 Å². The molecule has 0 aliphatic rings. The van der Waals surface area contributed by atoms with Crippen molar-refractivity contribution in [3.63, 3.8) is 0 Å². The largest absolute Gasteiger partial charge is 0.466 e. The van der Waals surface area contributed by atoms with Gasteiger partial charge in [-0.3, -0.25) is 14.4 Å². The standard InChI is InChI=1S/C46H81NO6/c1-7-11-20-28-41(5)35-39-51-44(48)33-25-18-14-16-23-31-43(46(50)53-38-27-37-47(6)10-4)32-24-17-15-19-26-34-45(49)52-40-36-42(29-21-12-8-2)30-22-13-9-3/h29,41-43H,2,7,9-11,13-20,22-28,30-40H2,1,3-6H3. The van der Waals surface area contributed by atoms with Gasteiger partial charge in [-0.2, -0.15) is 0 Å². The zero-order valence-corrected chi connectivity index (χ0v) is 35.1. The van der Waals surface area contributed by atoms with E-state index in [9.17, 15) is 14.4 Å². The molecule has 0 aromatic heterocycles. The SMILES string of the molecule is C=C=C=C=CC(CCCCC)CCOC(=O)CCCCCCCC(CCCCCCCC(=O)OCCC(C)CCCCC)C(=O)OCCCN(C)CC. The van der Waals surface area contributed by atoms with Crippen LogP contribution in [0.2, 0.25) is 0 Å². The maximum atomic E-state index is 13.0. The molecule has 0 aromatic carbocycles. The lowest BCUT2D eigenvalue weighted by molar-refractivity contribution is -0.149. The van der Waals surface area contributed by atoms with Crippen molar-refractivity contribution in [1.29, 1.82) is 0 Å². The number of hydrogen-bond acceptors (Lipinski definition) is 7. The Morgan fingerprint density at radius 2 is 1.15 bits per heavy atom. The number of hydrogen-bond donors (Lipinski definition) is 0. The van der Waals surface area contributed by atoms with E-state index in [2.05, 4.69) is 63.4 Å². The summed E-state index contributed by atoms with van der Waals surface area (Å²) in [5.41, 5.74) is 8.35. The Morgan fingerprint density at radius 1 is 0.623 bits per heavy atom. The number of unbranched alkanes of at least 4 members (excludes halogenated alkanes) is 12. The van der Waals surface area contributed by atoms with Crippen LogP contribution < -0.4 is 0 Å². The van der Waals surface area contributed by atoms with Crippen LogP contribution >= 0.6 is 0 Å². The van der Waals surface area contributed by atoms with Crippen LogP contribution in [0.1, 0.15) is 188 Å². The number of ether oxygens (including phenoxy) is 3. The number of esters is 3. The Morgan fingerprint density at radius 3 is 1.72 bits per heavy atom. The van der Waals surface area contributed by atoms with E-state index in [0.717, 1.165) is 122 Å². The third-order valence-corrected chi connectivity index (χ3v) is 10.3. The van der Waals surface area contributed by atoms with Gasteiger partial charge in [0.25, 0.3) is 0 Å². The summed E-state index contributed by atoms with van der Waals surface area (Å²) in [7, 11) is 2.08. The summed E-state index contributed by atoms with van der Waals surface area (Å²) >= 11 is 0. The lowest BCUT2D eigenvalue weighted by Crippen LogP contribution is -2.23. The van der Waals surface area contributed by atoms with Gasteiger partial charge in [0, 0.05) is 19.4 Å². The smallest absolute Gasteiger partial charge is 0.308 e. The van der Waals surface area contributed by atoms with Crippen LogP contribution in [0.4, 0.5) is 0 Å². The highest BCUT2D eigenvalue weighted by atomic mass is 16.5. The van der Waals surface area contributed by atoms with Crippen molar-refractivity contribution in [2.75, 3.05) is 40.0 Å². The molecular weight excluding hydrogens is 663 g/mol. The minimum Gasteiger partial charge on any atom is -0.466 e. The second kappa shape index (κ2) is 37.8. The minimum absolute atomic E-state index is 0.0504. The fraction of sp³-hybridized carbons (Fsp3) is 0.826. The normalized spacial score (nSPS) is 12.6. The number of carbonyl (C=O) groups excluding carboxylic acids is 3. The van der Waals surface area contributed by atoms with Crippen LogP contribution in [0, 0.1) is 17.8 Å². The fourth-order valence-electron chi connectivity index (χ4n) is 6.45. The highest BCUT2D eigenvalue weighted by Gasteiger charge is 2.19.